The molecule has 136 valence electrons. The van der Waals surface area contributed by atoms with Crippen molar-refractivity contribution in [3.63, 3.8) is 0 Å². The van der Waals surface area contributed by atoms with E-state index in [0.717, 1.165) is 29.2 Å². The van der Waals surface area contributed by atoms with Crippen LogP contribution in [0.15, 0.2) is 48.1 Å². The maximum Gasteiger partial charge on any atom is 0.270 e. The van der Waals surface area contributed by atoms with Gasteiger partial charge in [-0.25, -0.2) is 9.67 Å². The first-order valence-electron chi connectivity index (χ1n) is 8.37. The normalized spacial score (nSPS) is 16.2. The van der Waals surface area contributed by atoms with E-state index < -0.39 is 0 Å². The lowest BCUT2D eigenvalue weighted by Gasteiger charge is -2.10. The van der Waals surface area contributed by atoms with Crippen LogP contribution >= 0.6 is 23.7 Å². The Bertz CT molecular complexity index is 857. The van der Waals surface area contributed by atoms with E-state index in [1.165, 1.54) is 17.8 Å². The molecular formula is C18H20ClN5OS. The average molecular weight is 390 g/mol. The molecule has 26 heavy (non-hydrogen) atoms. The zero-order valence-electron chi connectivity index (χ0n) is 14.1. The fraction of sp³-hybridized carbons (Fsp3) is 0.278. The molecule has 3 aromatic rings. The summed E-state index contributed by atoms with van der Waals surface area (Å²) in [6, 6.07) is 10.3. The first-order valence-corrected chi connectivity index (χ1v) is 9.25. The number of halogens is 1. The number of hydrogen-bond acceptors (Lipinski definition) is 5. The highest BCUT2D eigenvalue weighted by molar-refractivity contribution is 7.13. The molecule has 0 aliphatic carbocycles. The fourth-order valence-corrected chi connectivity index (χ4v) is 3.68. The number of amides is 1. The molecule has 1 atom stereocenters. The molecule has 4 rings (SSSR count). The lowest BCUT2D eigenvalue weighted by atomic mass is 10.2. The average Bonchev–Trinajstić information content (AvgIpc) is 3.41. The number of carbonyl (C=O) groups excluding carboxylic acids is 1. The Morgan fingerprint density at radius 1 is 1.35 bits per heavy atom. The highest BCUT2D eigenvalue weighted by Crippen LogP contribution is 2.24. The summed E-state index contributed by atoms with van der Waals surface area (Å²) in [5.41, 5.74) is 2.36. The smallest absolute Gasteiger partial charge is 0.270 e. The van der Waals surface area contributed by atoms with Crippen molar-refractivity contribution in [1.82, 2.24) is 25.4 Å². The summed E-state index contributed by atoms with van der Waals surface area (Å²) in [4.78, 5) is 16.7. The van der Waals surface area contributed by atoms with Crippen molar-refractivity contribution >= 4 is 29.7 Å². The third kappa shape index (κ3) is 4.12. The molecule has 6 nitrogen and oxygen atoms in total. The van der Waals surface area contributed by atoms with Crippen molar-refractivity contribution in [2.45, 2.75) is 18.9 Å². The lowest BCUT2D eigenvalue weighted by Crippen LogP contribution is -2.37. The van der Waals surface area contributed by atoms with Crippen LogP contribution < -0.4 is 10.6 Å². The SMILES string of the molecule is Cl.O=C(NCC1CCCN1)c1csc(-c2cnn(-c3ccccc3)c2)n1. The number of aromatic nitrogens is 3. The Hall–Kier alpha value is -2.22. The first-order chi connectivity index (χ1) is 12.3. The molecule has 1 aromatic carbocycles. The van der Waals surface area contributed by atoms with Gasteiger partial charge in [-0.05, 0) is 31.5 Å². The van der Waals surface area contributed by atoms with E-state index in [1.54, 1.807) is 11.6 Å². The summed E-state index contributed by atoms with van der Waals surface area (Å²) in [6.07, 6.45) is 5.99. The van der Waals surface area contributed by atoms with E-state index in [2.05, 4.69) is 20.7 Å². The van der Waals surface area contributed by atoms with E-state index in [1.807, 2.05) is 41.2 Å². The van der Waals surface area contributed by atoms with Gasteiger partial charge in [-0.15, -0.1) is 23.7 Å². The Morgan fingerprint density at radius 3 is 2.96 bits per heavy atom. The van der Waals surface area contributed by atoms with E-state index in [0.29, 0.717) is 18.3 Å². The minimum Gasteiger partial charge on any atom is -0.349 e. The van der Waals surface area contributed by atoms with Crippen molar-refractivity contribution in [3.8, 4) is 16.3 Å². The molecule has 1 aliphatic heterocycles. The van der Waals surface area contributed by atoms with E-state index in [-0.39, 0.29) is 18.3 Å². The highest BCUT2D eigenvalue weighted by atomic mass is 35.5. The van der Waals surface area contributed by atoms with Crippen LogP contribution in [-0.4, -0.2) is 39.8 Å². The monoisotopic (exact) mass is 389 g/mol. The van der Waals surface area contributed by atoms with Gasteiger partial charge in [0.1, 0.15) is 10.7 Å². The van der Waals surface area contributed by atoms with Crippen LogP contribution in [-0.2, 0) is 0 Å². The Kier molecular flexibility index (Phi) is 6.03. The summed E-state index contributed by atoms with van der Waals surface area (Å²) in [7, 11) is 0. The molecule has 0 spiro atoms. The van der Waals surface area contributed by atoms with Crippen LogP contribution in [0.1, 0.15) is 23.3 Å². The Balaban J connectivity index is 0.00000196. The highest BCUT2D eigenvalue weighted by Gasteiger charge is 2.17. The standard InChI is InChI=1S/C18H19N5OS.ClH/c24-17(20-10-14-5-4-8-19-14)16-12-25-18(22-16)13-9-21-23(11-13)15-6-2-1-3-7-15;/h1-3,6-7,9,11-12,14,19H,4-5,8,10H2,(H,20,24);1H. The molecule has 8 heteroatoms. The van der Waals surface area contributed by atoms with Crippen molar-refractivity contribution in [2.75, 3.05) is 13.1 Å². The van der Waals surface area contributed by atoms with Gasteiger partial charge in [-0.3, -0.25) is 4.79 Å². The predicted molar refractivity (Wildman–Crippen MR) is 105 cm³/mol. The third-order valence-electron chi connectivity index (χ3n) is 4.26. The van der Waals surface area contributed by atoms with Crippen molar-refractivity contribution in [1.29, 1.82) is 0 Å². The number of thiazole rings is 1. The van der Waals surface area contributed by atoms with Gasteiger partial charge >= 0.3 is 0 Å². The quantitative estimate of drug-likeness (QED) is 0.703. The van der Waals surface area contributed by atoms with E-state index in [9.17, 15) is 4.79 Å². The number of hydrogen-bond donors (Lipinski definition) is 2. The molecule has 0 bridgehead atoms. The topological polar surface area (TPSA) is 71.8 Å². The number of benzene rings is 1. The zero-order chi connectivity index (χ0) is 17.1. The maximum absolute atomic E-state index is 12.3. The fourth-order valence-electron chi connectivity index (χ4n) is 2.90. The van der Waals surface area contributed by atoms with Crippen LogP contribution in [0.4, 0.5) is 0 Å². The van der Waals surface area contributed by atoms with Gasteiger partial charge in [-0.2, -0.15) is 5.10 Å². The van der Waals surface area contributed by atoms with E-state index in [4.69, 9.17) is 0 Å². The van der Waals surface area contributed by atoms with Gasteiger partial charge in [0.05, 0.1) is 11.9 Å². The summed E-state index contributed by atoms with van der Waals surface area (Å²) in [5.74, 6) is -0.119. The van der Waals surface area contributed by atoms with Crippen LogP contribution in [0.25, 0.3) is 16.3 Å². The minimum absolute atomic E-state index is 0. The van der Waals surface area contributed by atoms with Gasteiger partial charge in [0, 0.05) is 29.7 Å². The van der Waals surface area contributed by atoms with Gasteiger partial charge in [0.25, 0.3) is 5.91 Å². The van der Waals surface area contributed by atoms with Crippen molar-refractivity contribution in [2.24, 2.45) is 0 Å². The van der Waals surface area contributed by atoms with Gasteiger partial charge in [-0.1, -0.05) is 18.2 Å². The van der Waals surface area contributed by atoms with Crippen molar-refractivity contribution in [3.05, 3.63) is 53.8 Å². The van der Waals surface area contributed by atoms with Crippen molar-refractivity contribution < 1.29 is 4.79 Å². The third-order valence-corrected chi connectivity index (χ3v) is 5.15. The van der Waals surface area contributed by atoms with E-state index >= 15 is 0 Å². The van der Waals surface area contributed by atoms with Gasteiger partial charge < -0.3 is 10.6 Å². The molecule has 2 aromatic heterocycles. The lowest BCUT2D eigenvalue weighted by molar-refractivity contribution is 0.0946. The van der Waals surface area contributed by atoms with Crippen LogP contribution in [0.2, 0.25) is 0 Å². The van der Waals surface area contributed by atoms with Crippen LogP contribution in [0.5, 0.6) is 0 Å². The Morgan fingerprint density at radius 2 is 2.19 bits per heavy atom. The number of nitrogens with zero attached hydrogens (tertiary/aromatic N) is 3. The molecule has 1 saturated heterocycles. The number of nitrogens with one attached hydrogen (secondary N) is 2. The Labute approximate surface area is 162 Å². The second-order valence-electron chi connectivity index (χ2n) is 6.05. The van der Waals surface area contributed by atoms with Gasteiger partial charge in [0.2, 0.25) is 0 Å². The molecular weight excluding hydrogens is 370 g/mol. The van der Waals surface area contributed by atoms with Crippen LogP contribution in [0, 0.1) is 0 Å². The summed E-state index contributed by atoms with van der Waals surface area (Å²) < 4.78 is 1.81. The summed E-state index contributed by atoms with van der Waals surface area (Å²) >= 11 is 1.46. The van der Waals surface area contributed by atoms with Gasteiger partial charge in [0.15, 0.2) is 0 Å². The first kappa shape index (κ1) is 18.6. The van der Waals surface area contributed by atoms with Crippen LogP contribution in [0.3, 0.4) is 0 Å². The predicted octanol–water partition coefficient (Wildman–Crippen LogP) is 2.90. The maximum atomic E-state index is 12.3. The second-order valence-corrected chi connectivity index (χ2v) is 6.91. The number of para-hydroxylation sites is 1. The molecule has 1 amide bonds. The zero-order valence-corrected chi connectivity index (χ0v) is 15.7. The number of rotatable bonds is 5. The molecule has 1 aliphatic rings. The summed E-state index contributed by atoms with van der Waals surface area (Å²) in [6.45, 7) is 1.68. The molecule has 0 saturated carbocycles. The molecule has 1 fully saturated rings. The second kappa shape index (κ2) is 8.44. The molecule has 3 heterocycles. The number of carbonyl (C=O) groups is 1. The minimum atomic E-state index is -0.119. The largest absolute Gasteiger partial charge is 0.349 e. The molecule has 2 N–H and O–H groups in total. The molecule has 1 unspecified atom stereocenters. The molecule has 0 radical (unpaired) electrons. The summed E-state index contributed by atoms with van der Waals surface area (Å²) in [5, 5.41) is 13.3.